The molecule has 0 N–H and O–H groups in total. The van der Waals surface area contributed by atoms with Crippen LogP contribution in [0.1, 0.15) is 44.4 Å². The molecule has 0 unspecified atom stereocenters. The van der Waals surface area contributed by atoms with Gasteiger partial charge in [0.15, 0.2) is 0 Å². The topological polar surface area (TPSA) is 147 Å². The van der Waals surface area contributed by atoms with Crippen LogP contribution in [0.5, 0.6) is 5.75 Å². The number of nitro groups is 1. The largest absolute Gasteiger partial charge is 0.427 e. The Bertz CT molecular complexity index is 1290. The standard InChI is InChI=1S/C24H22N4O8/c1-15(29)36-18-5-2-4-16(12-18)22(31)26-9-3-8-25(10-11-26)21(30)14-27-23(32)19-7-6-17(28(34)35)13-20(19)24(27)33/h2,4-7,12-13H,3,8-11,14H2,1H3. The average molecular weight is 494 g/mol. The van der Waals surface area contributed by atoms with Gasteiger partial charge in [0.1, 0.15) is 12.3 Å². The van der Waals surface area contributed by atoms with Gasteiger partial charge in [-0.3, -0.25) is 39.0 Å². The second-order valence-corrected chi connectivity index (χ2v) is 8.33. The van der Waals surface area contributed by atoms with E-state index in [1.54, 1.807) is 23.1 Å². The van der Waals surface area contributed by atoms with Crippen molar-refractivity contribution in [3.05, 3.63) is 69.3 Å². The summed E-state index contributed by atoms with van der Waals surface area (Å²) in [6.07, 6.45) is 0.482. The van der Waals surface area contributed by atoms with Gasteiger partial charge >= 0.3 is 5.97 Å². The highest BCUT2D eigenvalue weighted by Crippen LogP contribution is 2.27. The lowest BCUT2D eigenvalue weighted by molar-refractivity contribution is -0.384. The van der Waals surface area contributed by atoms with Gasteiger partial charge in [0.25, 0.3) is 23.4 Å². The van der Waals surface area contributed by atoms with Gasteiger partial charge in [0, 0.05) is 50.8 Å². The molecule has 1 saturated heterocycles. The average Bonchev–Trinajstić information content (AvgIpc) is 3.01. The molecule has 36 heavy (non-hydrogen) atoms. The van der Waals surface area contributed by atoms with E-state index in [0.29, 0.717) is 25.1 Å². The van der Waals surface area contributed by atoms with E-state index in [-0.39, 0.29) is 41.6 Å². The smallest absolute Gasteiger partial charge is 0.308 e. The third kappa shape index (κ3) is 4.92. The third-order valence-corrected chi connectivity index (χ3v) is 5.94. The van der Waals surface area contributed by atoms with E-state index in [4.69, 9.17) is 4.74 Å². The number of esters is 1. The first-order chi connectivity index (χ1) is 17.2. The van der Waals surface area contributed by atoms with Crippen molar-refractivity contribution < 1.29 is 33.6 Å². The van der Waals surface area contributed by atoms with Gasteiger partial charge in [-0.1, -0.05) is 6.07 Å². The molecule has 12 nitrogen and oxygen atoms in total. The van der Waals surface area contributed by atoms with E-state index in [1.165, 1.54) is 24.0 Å². The number of benzene rings is 2. The van der Waals surface area contributed by atoms with E-state index in [0.717, 1.165) is 17.0 Å². The molecule has 0 spiro atoms. The first kappa shape index (κ1) is 24.5. The number of fused-ring (bicyclic) bond motifs is 1. The molecule has 186 valence electrons. The summed E-state index contributed by atoms with van der Waals surface area (Å²) in [7, 11) is 0. The van der Waals surface area contributed by atoms with Crippen molar-refractivity contribution in [2.75, 3.05) is 32.7 Å². The van der Waals surface area contributed by atoms with Gasteiger partial charge in [-0.2, -0.15) is 0 Å². The molecular weight excluding hydrogens is 472 g/mol. The van der Waals surface area contributed by atoms with Gasteiger partial charge in [-0.15, -0.1) is 0 Å². The molecule has 2 aliphatic heterocycles. The van der Waals surface area contributed by atoms with Crippen molar-refractivity contribution in [1.82, 2.24) is 14.7 Å². The summed E-state index contributed by atoms with van der Waals surface area (Å²) in [5, 5.41) is 11.0. The summed E-state index contributed by atoms with van der Waals surface area (Å²) in [5.41, 5.74) is -0.0694. The summed E-state index contributed by atoms with van der Waals surface area (Å²) in [4.78, 5) is 76.6. The Kier molecular flexibility index (Phi) is 6.77. The molecule has 4 amide bonds. The minimum Gasteiger partial charge on any atom is -0.427 e. The zero-order valence-electron chi connectivity index (χ0n) is 19.3. The number of hydrogen-bond acceptors (Lipinski definition) is 8. The number of carbonyl (C=O) groups excluding carboxylic acids is 5. The number of carbonyl (C=O) groups is 5. The zero-order chi connectivity index (χ0) is 26.0. The lowest BCUT2D eigenvalue weighted by Crippen LogP contribution is -2.44. The van der Waals surface area contributed by atoms with Crippen LogP contribution in [0, 0.1) is 10.1 Å². The minimum absolute atomic E-state index is 0.0158. The highest BCUT2D eigenvalue weighted by atomic mass is 16.6. The second kappa shape index (κ2) is 9.94. The van der Waals surface area contributed by atoms with E-state index in [1.807, 2.05) is 0 Å². The maximum absolute atomic E-state index is 13.0. The van der Waals surface area contributed by atoms with Crippen LogP contribution >= 0.6 is 0 Å². The summed E-state index contributed by atoms with van der Waals surface area (Å²) < 4.78 is 5.03. The molecule has 0 radical (unpaired) electrons. The van der Waals surface area contributed by atoms with Crippen molar-refractivity contribution >= 4 is 35.3 Å². The Morgan fingerprint density at radius 2 is 1.64 bits per heavy atom. The van der Waals surface area contributed by atoms with Crippen LogP contribution < -0.4 is 4.74 Å². The number of imide groups is 1. The maximum Gasteiger partial charge on any atom is 0.308 e. The van der Waals surface area contributed by atoms with Crippen molar-refractivity contribution in [2.45, 2.75) is 13.3 Å². The zero-order valence-corrected chi connectivity index (χ0v) is 19.3. The van der Waals surface area contributed by atoms with E-state index >= 15 is 0 Å². The summed E-state index contributed by atoms with van der Waals surface area (Å²) in [6, 6.07) is 9.64. The number of amides is 4. The van der Waals surface area contributed by atoms with Crippen LogP contribution in [0.15, 0.2) is 42.5 Å². The normalized spacial score (nSPS) is 15.4. The van der Waals surface area contributed by atoms with E-state index < -0.39 is 35.2 Å². The number of nitro benzene ring substituents is 1. The number of ether oxygens (including phenoxy) is 1. The van der Waals surface area contributed by atoms with Gasteiger partial charge in [-0.25, -0.2) is 0 Å². The molecule has 1 fully saturated rings. The van der Waals surface area contributed by atoms with Crippen LogP contribution in [0.25, 0.3) is 0 Å². The Morgan fingerprint density at radius 3 is 2.36 bits per heavy atom. The van der Waals surface area contributed by atoms with Crippen LogP contribution in [0.3, 0.4) is 0 Å². The predicted molar refractivity (Wildman–Crippen MR) is 123 cm³/mol. The van der Waals surface area contributed by atoms with Crippen LogP contribution in [0.2, 0.25) is 0 Å². The van der Waals surface area contributed by atoms with Gasteiger partial charge in [0.05, 0.1) is 16.1 Å². The quantitative estimate of drug-likeness (QED) is 0.200. The SMILES string of the molecule is CC(=O)Oc1cccc(C(=O)N2CCCN(C(=O)CN3C(=O)c4ccc([N+](=O)[O-])cc4C3=O)CC2)c1. The fraction of sp³-hybridized carbons (Fsp3) is 0.292. The van der Waals surface area contributed by atoms with Crippen LogP contribution in [-0.4, -0.2) is 81.9 Å². The molecule has 2 aromatic rings. The molecule has 0 bridgehead atoms. The lowest BCUT2D eigenvalue weighted by atomic mass is 10.1. The van der Waals surface area contributed by atoms with Crippen molar-refractivity contribution in [3.8, 4) is 5.75 Å². The third-order valence-electron chi connectivity index (χ3n) is 5.94. The predicted octanol–water partition coefficient (Wildman–Crippen LogP) is 1.49. The number of hydrogen-bond donors (Lipinski definition) is 0. The molecule has 0 aromatic heterocycles. The molecule has 2 heterocycles. The first-order valence-electron chi connectivity index (χ1n) is 11.2. The minimum atomic E-state index is -0.758. The fourth-order valence-corrected chi connectivity index (χ4v) is 4.18. The molecule has 0 aliphatic carbocycles. The van der Waals surface area contributed by atoms with Crippen molar-refractivity contribution in [1.29, 1.82) is 0 Å². The number of rotatable bonds is 5. The van der Waals surface area contributed by atoms with Gasteiger partial charge in [0.2, 0.25) is 5.91 Å². The fourth-order valence-electron chi connectivity index (χ4n) is 4.18. The Hall–Kier alpha value is -4.61. The summed E-state index contributed by atoms with van der Waals surface area (Å²) in [6.45, 7) is 1.90. The molecular formula is C24H22N4O8. The van der Waals surface area contributed by atoms with Crippen LogP contribution in [0.4, 0.5) is 5.69 Å². The lowest BCUT2D eigenvalue weighted by Gasteiger charge is -2.24. The summed E-state index contributed by atoms with van der Waals surface area (Å²) in [5.74, 6) is -2.43. The second-order valence-electron chi connectivity index (χ2n) is 8.33. The summed E-state index contributed by atoms with van der Waals surface area (Å²) >= 11 is 0. The number of non-ortho nitro benzene ring substituents is 1. The monoisotopic (exact) mass is 494 g/mol. The molecule has 0 atom stereocenters. The Morgan fingerprint density at radius 1 is 0.944 bits per heavy atom. The highest BCUT2D eigenvalue weighted by molar-refractivity contribution is 6.22. The molecule has 4 rings (SSSR count). The van der Waals surface area contributed by atoms with Gasteiger partial charge in [-0.05, 0) is 30.7 Å². The molecule has 2 aromatic carbocycles. The van der Waals surface area contributed by atoms with E-state index in [2.05, 4.69) is 0 Å². The van der Waals surface area contributed by atoms with E-state index in [9.17, 15) is 34.1 Å². The Balaban J connectivity index is 1.39. The molecule has 12 heteroatoms. The molecule has 2 aliphatic rings. The maximum atomic E-state index is 13.0. The molecule has 0 saturated carbocycles. The van der Waals surface area contributed by atoms with Crippen molar-refractivity contribution in [2.24, 2.45) is 0 Å². The first-order valence-corrected chi connectivity index (χ1v) is 11.2. The number of nitrogens with zero attached hydrogens (tertiary/aromatic N) is 4. The van der Waals surface area contributed by atoms with Gasteiger partial charge < -0.3 is 14.5 Å². The van der Waals surface area contributed by atoms with Crippen LogP contribution in [-0.2, 0) is 9.59 Å². The Labute approximate surface area is 205 Å². The highest BCUT2D eigenvalue weighted by Gasteiger charge is 2.38. The van der Waals surface area contributed by atoms with Crippen molar-refractivity contribution in [3.63, 3.8) is 0 Å².